The highest BCUT2D eigenvalue weighted by Gasteiger charge is 2.19. The van der Waals surface area contributed by atoms with Gasteiger partial charge in [0.25, 0.3) is 0 Å². The molecule has 1 aromatic carbocycles. The first-order valence-corrected chi connectivity index (χ1v) is 10.6. The Morgan fingerprint density at radius 3 is 2.47 bits per heavy atom. The maximum absolute atomic E-state index is 12.7. The Kier molecular flexibility index (Phi) is 7.24. The van der Waals surface area contributed by atoms with Crippen molar-refractivity contribution in [3.63, 3.8) is 0 Å². The molecule has 1 amide bonds. The average Bonchev–Trinajstić information content (AvgIpc) is 3.20. The van der Waals surface area contributed by atoms with Crippen LogP contribution in [0.15, 0.2) is 66.1 Å². The van der Waals surface area contributed by atoms with Crippen molar-refractivity contribution in [1.29, 1.82) is 0 Å². The number of hydrogen-bond donors (Lipinski definition) is 0. The lowest BCUT2D eigenvalue weighted by Gasteiger charge is -2.20. The molecule has 3 rings (SSSR count). The van der Waals surface area contributed by atoms with E-state index in [0.717, 1.165) is 22.6 Å². The zero-order chi connectivity index (χ0) is 21.5. The fourth-order valence-corrected chi connectivity index (χ4v) is 3.79. The van der Waals surface area contributed by atoms with Crippen LogP contribution in [0.3, 0.4) is 0 Å². The fraction of sp³-hybridized carbons (Fsp3) is 0.273. The Morgan fingerprint density at radius 2 is 1.87 bits per heavy atom. The second kappa shape index (κ2) is 10.1. The van der Waals surface area contributed by atoms with Crippen LogP contribution in [0.2, 0.25) is 0 Å². The van der Waals surface area contributed by atoms with Gasteiger partial charge in [0.2, 0.25) is 5.91 Å². The average molecular weight is 424 g/mol. The van der Waals surface area contributed by atoms with Crippen LogP contribution in [-0.4, -0.2) is 56.5 Å². The van der Waals surface area contributed by atoms with Gasteiger partial charge in [-0.2, -0.15) is 0 Å². The highest BCUT2D eigenvalue weighted by Crippen LogP contribution is 2.28. The molecule has 0 saturated heterocycles. The third-order valence-electron chi connectivity index (χ3n) is 4.42. The molecule has 7 nitrogen and oxygen atoms in total. The van der Waals surface area contributed by atoms with Crippen molar-refractivity contribution >= 4 is 17.7 Å². The van der Waals surface area contributed by atoms with Crippen LogP contribution in [0.5, 0.6) is 5.75 Å². The summed E-state index contributed by atoms with van der Waals surface area (Å²) in [5.74, 6) is 1.76. The summed E-state index contributed by atoms with van der Waals surface area (Å²) >= 11 is 1.37. The number of ether oxygens (including phenoxy) is 1. The SMILES string of the molecule is C=C(C)CN(CC)C(=O)CSc1nnc(-c2ccncc2)n1-c1ccc(OC)cc1. The molecule has 30 heavy (non-hydrogen) atoms. The molecule has 2 aromatic heterocycles. The number of carbonyl (C=O) groups is 1. The number of benzene rings is 1. The van der Waals surface area contributed by atoms with Gasteiger partial charge >= 0.3 is 0 Å². The van der Waals surface area contributed by atoms with Crippen LogP contribution in [0, 0.1) is 0 Å². The van der Waals surface area contributed by atoms with Crippen molar-refractivity contribution in [2.24, 2.45) is 0 Å². The molecule has 0 aliphatic heterocycles. The molecule has 8 heteroatoms. The third kappa shape index (κ3) is 5.07. The van der Waals surface area contributed by atoms with Crippen molar-refractivity contribution in [3.05, 3.63) is 60.9 Å². The molecule has 2 heterocycles. The Morgan fingerprint density at radius 1 is 1.17 bits per heavy atom. The first kappa shape index (κ1) is 21.6. The molecule has 0 spiro atoms. The number of likely N-dealkylation sites (N-methyl/N-ethyl adjacent to an activating group) is 1. The number of hydrogen-bond acceptors (Lipinski definition) is 6. The fourth-order valence-electron chi connectivity index (χ4n) is 2.94. The minimum atomic E-state index is 0.0419. The topological polar surface area (TPSA) is 73.1 Å². The number of carbonyl (C=O) groups excluding carboxylic acids is 1. The molecular weight excluding hydrogens is 398 g/mol. The molecule has 0 aliphatic carbocycles. The first-order chi connectivity index (χ1) is 14.5. The van der Waals surface area contributed by atoms with Crippen molar-refractivity contribution in [2.75, 3.05) is 26.0 Å². The highest BCUT2D eigenvalue weighted by molar-refractivity contribution is 7.99. The number of nitrogens with zero attached hydrogens (tertiary/aromatic N) is 5. The predicted molar refractivity (Wildman–Crippen MR) is 119 cm³/mol. The first-order valence-electron chi connectivity index (χ1n) is 9.58. The van der Waals surface area contributed by atoms with Gasteiger partial charge in [0.05, 0.1) is 12.9 Å². The van der Waals surface area contributed by atoms with Gasteiger partial charge in [-0.1, -0.05) is 23.9 Å². The number of aromatic nitrogens is 4. The molecule has 0 N–H and O–H groups in total. The molecule has 0 aliphatic rings. The summed E-state index contributed by atoms with van der Waals surface area (Å²) in [5, 5.41) is 9.40. The normalized spacial score (nSPS) is 10.6. The maximum Gasteiger partial charge on any atom is 0.233 e. The predicted octanol–water partition coefficient (Wildman–Crippen LogP) is 3.85. The highest BCUT2D eigenvalue weighted by atomic mass is 32.2. The van der Waals surface area contributed by atoms with Crippen molar-refractivity contribution in [2.45, 2.75) is 19.0 Å². The van der Waals surface area contributed by atoms with E-state index in [1.54, 1.807) is 24.4 Å². The zero-order valence-electron chi connectivity index (χ0n) is 17.4. The molecule has 0 radical (unpaired) electrons. The standard InChI is InChI=1S/C22H25N5O2S/c1-5-26(14-16(2)3)20(28)15-30-22-25-24-21(17-10-12-23-13-11-17)27(22)18-6-8-19(29-4)9-7-18/h6-13H,2,5,14-15H2,1,3-4H3. The van der Waals surface area contributed by atoms with E-state index in [1.165, 1.54) is 11.8 Å². The van der Waals surface area contributed by atoms with Crippen LogP contribution >= 0.6 is 11.8 Å². The number of pyridine rings is 1. The van der Waals surface area contributed by atoms with Crippen molar-refractivity contribution in [1.82, 2.24) is 24.6 Å². The number of thioether (sulfide) groups is 1. The van der Waals surface area contributed by atoms with Gasteiger partial charge in [-0.25, -0.2) is 0 Å². The van der Waals surface area contributed by atoms with Gasteiger partial charge in [0.15, 0.2) is 11.0 Å². The monoisotopic (exact) mass is 423 g/mol. The van der Waals surface area contributed by atoms with E-state index in [-0.39, 0.29) is 11.7 Å². The van der Waals surface area contributed by atoms with Gasteiger partial charge in [-0.3, -0.25) is 14.3 Å². The lowest BCUT2D eigenvalue weighted by Crippen LogP contribution is -2.33. The lowest BCUT2D eigenvalue weighted by atomic mass is 10.2. The van der Waals surface area contributed by atoms with Crippen molar-refractivity contribution < 1.29 is 9.53 Å². The summed E-state index contributed by atoms with van der Waals surface area (Å²) in [6.07, 6.45) is 3.44. The van der Waals surface area contributed by atoms with Crippen LogP contribution in [-0.2, 0) is 4.79 Å². The molecule has 0 unspecified atom stereocenters. The molecular formula is C22H25N5O2S. The van der Waals surface area contributed by atoms with Gasteiger partial charge in [-0.05, 0) is 50.2 Å². The van der Waals surface area contributed by atoms with E-state index in [9.17, 15) is 4.79 Å². The Balaban J connectivity index is 1.91. The summed E-state index contributed by atoms with van der Waals surface area (Å²) in [7, 11) is 1.63. The summed E-state index contributed by atoms with van der Waals surface area (Å²) < 4.78 is 7.22. The molecule has 0 bridgehead atoms. The summed E-state index contributed by atoms with van der Waals surface area (Å²) in [4.78, 5) is 18.5. The van der Waals surface area contributed by atoms with E-state index in [2.05, 4.69) is 21.8 Å². The van der Waals surface area contributed by atoms with Gasteiger partial charge < -0.3 is 9.64 Å². The minimum absolute atomic E-state index is 0.0419. The van der Waals surface area contributed by atoms with Crippen LogP contribution in [0.4, 0.5) is 0 Å². The number of methoxy groups -OCH3 is 1. The third-order valence-corrected chi connectivity index (χ3v) is 5.34. The van der Waals surface area contributed by atoms with Crippen LogP contribution in [0.25, 0.3) is 17.1 Å². The summed E-state index contributed by atoms with van der Waals surface area (Å²) in [6.45, 7) is 8.99. The summed E-state index contributed by atoms with van der Waals surface area (Å²) in [6, 6.07) is 11.4. The molecule has 0 atom stereocenters. The van der Waals surface area contributed by atoms with Gasteiger partial charge in [-0.15, -0.1) is 10.2 Å². The quantitative estimate of drug-likeness (QED) is 0.384. The smallest absolute Gasteiger partial charge is 0.233 e. The van der Waals surface area contributed by atoms with Crippen LogP contribution in [0.1, 0.15) is 13.8 Å². The van der Waals surface area contributed by atoms with Crippen molar-refractivity contribution in [3.8, 4) is 22.8 Å². The molecule has 156 valence electrons. The van der Waals surface area contributed by atoms with E-state index in [0.29, 0.717) is 24.1 Å². The van der Waals surface area contributed by atoms with Gasteiger partial charge in [0, 0.05) is 36.7 Å². The van der Waals surface area contributed by atoms with E-state index in [4.69, 9.17) is 4.74 Å². The van der Waals surface area contributed by atoms with E-state index < -0.39 is 0 Å². The van der Waals surface area contributed by atoms with Crippen LogP contribution < -0.4 is 4.74 Å². The Bertz CT molecular complexity index is 1000. The van der Waals surface area contributed by atoms with Gasteiger partial charge in [0.1, 0.15) is 5.75 Å². The number of amides is 1. The summed E-state index contributed by atoms with van der Waals surface area (Å²) in [5.41, 5.74) is 2.73. The zero-order valence-corrected chi connectivity index (χ0v) is 18.2. The largest absolute Gasteiger partial charge is 0.497 e. The number of rotatable bonds is 9. The molecule has 0 saturated carbocycles. The van der Waals surface area contributed by atoms with E-state index in [1.807, 2.05) is 54.8 Å². The second-order valence-corrected chi connectivity index (χ2v) is 7.67. The lowest BCUT2D eigenvalue weighted by molar-refractivity contribution is -0.127. The minimum Gasteiger partial charge on any atom is -0.497 e. The second-order valence-electron chi connectivity index (χ2n) is 6.73. The molecule has 3 aromatic rings. The maximum atomic E-state index is 12.7. The van der Waals surface area contributed by atoms with E-state index >= 15 is 0 Å². The Hall–Kier alpha value is -3.13. The molecule has 0 fully saturated rings. The Labute approximate surface area is 180 Å².